The van der Waals surface area contributed by atoms with E-state index in [-0.39, 0.29) is 24.3 Å². The second kappa shape index (κ2) is 18.3. The van der Waals surface area contributed by atoms with Crippen molar-refractivity contribution in [2.24, 2.45) is 0 Å². The van der Waals surface area contributed by atoms with Crippen LogP contribution in [0.25, 0.3) is 10.9 Å². The molecule has 12 heteroatoms. The van der Waals surface area contributed by atoms with E-state index in [1.54, 1.807) is 12.1 Å². The third-order valence-electron chi connectivity index (χ3n) is 6.19. The van der Waals surface area contributed by atoms with Gasteiger partial charge in [-0.15, -0.1) is 25.7 Å². The summed E-state index contributed by atoms with van der Waals surface area (Å²) in [4.78, 5) is 66.1. The first kappa shape index (κ1) is 37.6. The fraction of sp³-hybridized carbons (Fsp3) is 0.303. The van der Waals surface area contributed by atoms with Gasteiger partial charge in [0, 0.05) is 37.8 Å². The molecule has 0 bridgehead atoms. The Balaban J connectivity index is 0.000000788. The van der Waals surface area contributed by atoms with Gasteiger partial charge in [-0.05, 0) is 26.8 Å². The highest BCUT2D eigenvalue weighted by Gasteiger charge is 2.31. The number of aliphatic carboxylic acids is 1. The lowest BCUT2D eigenvalue weighted by atomic mass is 10.1. The van der Waals surface area contributed by atoms with E-state index in [1.807, 2.05) is 18.2 Å². The Morgan fingerprint density at radius 2 is 1.60 bits per heavy atom. The molecule has 0 radical (unpaired) electrons. The topological polar surface area (TPSA) is 169 Å². The van der Waals surface area contributed by atoms with Gasteiger partial charge < -0.3 is 35.1 Å². The molecule has 0 spiro atoms. The Bertz CT molecular complexity index is 1470. The zero-order valence-corrected chi connectivity index (χ0v) is 25.4. The van der Waals surface area contributed by atoms with E-state index in [0.29, 0.717) is 30.4 Å². The predicted octanol–water partition coefficient (Wildman–Crippen LogP) is 2.67. The van der Waals surface area contributed by atoms with E-state index in [2.05, 4.69) is 55.1 Å². The van der Waals surface area contributed by atoms with Gasteiger partial charge in [-0.2, -0.15) is 0 Å². The maximum absolute atomic E-state index is 12.9. The lowest BCUT2D eigenvalue weighted by Crippen LogP contribution is -2.50. The van der Waals surface area contributed by atoms with Crippen molar-refractivity contribution < 1.29 is 38.9 Å². The molecule has 0 saturated carbocycles. The van der Waals surface area contributed by atoms with Crippen LogP contribution in [0.3, 0.4) is 0 Å². The van der Waals surface area contributed by atoms with Gasteiger partial charge >= 0.3 is 5.97 Å². The number of Topliss-reactive ketones (excluding diaryl/α,β-unsaturated/α-hetero) is 1. The summed E-state index contributed by atoms with van der Waals surface area (Å²) in [6.45, 7) is 5.81. The van der Waals surface area contributed by atoms with Gasteiger partial charge in [0.15, 0.2) is 5.79 Å². The number of rotatable bonds is 9. The highest BCUT2D eigenvalue weighted by atomic mass is 16.6. The molecule has 0 aliphatic carbocycles. The molecule has 238 valence electrons. The third-order valence-corrected chi connectivity index (χ3v) is 6.19. The fourth-order valence-corrected chi connectivity index (χ4v) is 4.18. The van der Waals surface area contributed by atoms with Crippen LogP contribution in [0.1, 0.15) is 36.2 Å². The summed E-state index contributed by atoms with van der Waals surface area (Å²) in [5.41, 5.74) is 2.03. The number of anilines is 1. The number of aryl methyl sites for hydroxylation is 1. The van der Waals surface area contributed by atoms with E-state index in [9.17, 15) is 29.1 Å². The van der Waals surface area contributed by atoms with Gasteiger partial charge in [0.05, 0.1) is 23.2 Å². The SMILES string of the molecule is C#C.C#C.CC(C)(O)O[C@H](CC(=O)O)C(=O)Nc1cccc2c(C(=O)C(=O)N3CCN(C=O)CC3)c[nH]c12.Cc1ccccc1. The monoisotopic (exact) mass is 618 g/mol. The molecule has 3 aromatic rings. The molecule has 3 amide bonds. The average Bonchev–Trinajstić information content (AvgIpc) is 3.47. The third kappa shape index (κ3) is 11.6. The molecule has 45 heavy (non-hydrogen) atoms. The van der Waals surface area contributed by atoms with E-state index in [4.69, 9.17) is 9.84 Å². The van der Waals surface area contributed by atoms with Crippen molar-refractivity contribution >= 4 is 46.6 Å². The van der Waals surface area contributed by atoms with Crippen LogP contribution < -0.4 is 5.32 Å². The lowest BCUT2D eigenvalue weighted by molar-refractivity contribution is -0.207. The molecule has 1 aliphatic heterocycles. The van der Waals surface area contributed by atoms with Crippen LogP contribution in [0, 0.1) is 32.6 Å². The first-order valence-electron chi connectivity index (χ1n) is 13.6. The number of carboxylic acid groups (broad SMARTS) is 1. The van der Waals surface area contributed by atoms with Crippen molar-refractivity contribution in [3.8, 4) is 25.7 Å². The number of amides is 3. The van der Waals surface area contributed by atoms with Crippen LogP contribution in [0.4, 0.5) is 5.69 Å². The number of para-hydroxylation sites is 1. The number of hydrogen-bond acceptors (Lipinski definition) is 7. The quantitative estimate of drug-likeness (QED) is 0.0933. The number of hydrogen-bond donors (Lipinski definition) is 4. The van der Waals surface area contributed by atoms with Crippen LogP contribution in [0.5, 0.6) is 0 Å². The number of carbonyl (C=O) groups excluding carboxylic acids is 4. The first-order valence-corrected chi connectivity index (χ1v) is 13.6. The summed E-state index contributed by atoms with van der Waals surface area (Å²) in [6.07, 6.45) is 15.9. The summed E-state index contributed by atoms with van der Waals surface area (Å²) in [7, 11) is 0. The van der Waals surface area contributed by atoms with Crippen LogP contribution in [-0.2, 0) is 23.9 Å². The number of ketones is 1. The zero-order chi connectivity index (χ0) is 34.2. The lowest BCUT2D eigenvalue weighted by Gasteiger charge is -2.32. The number of aliphatic hydroxyl groups is 1. The molecule has 2 aromatic carbocycles. The van der Waals surface area contributed by atoms with Gasteiger partial charge in [-0.25, -0.2) is 0 Å². The van der Waals surface area contributed by atoms with Crippen molar-refractivity contribution in [1.82, 2.24) is 14.8 Å². The van der Waals surface area contributed by atoms with E-state index in [1.165, 1.54) is 41.5 Å². The number of piperazine rings is 1. The second-order valence-electron chi connectivity index (χ2n) is 9.99. The minimum atomic E-state index is -1.74. The van der Waals surface area contributed by atoms with Crippen molar-refractivity contribution in [2.45, 2.75) is 39.1 Å². The van der Waals surface area contributed by atoms with Crippen LogP contribution in [-0.4, -0.2) is 93.0 Å². The fourth-order valence-electron chi connectivity index (χ4n) is 4.18. The molecule has 1 fully saturated rings. The zero-order valence-electron chi connectivity index (χ0n) is 25.4. The van der Waals surface area contributed by atoms with Crippen LogP contribution in [0.2, 0.25) is 0 Å². The van der Waals surface area contributed by atoms with Gasteiger partial charge in [-0.1, -0.05) is 48.0 Å². The van der Waals surface area contributed by atoms with E-state index in [0.717, 1.165) is 0 Å². The second-order valence-corrected chi connectivity index (χ2v) is 9.99. The molecule has 1 atom stereocenters. The van der Waals surface area contributed by atoms with Crippen LogP contribution in [0.15, 0.2) is 54.7 Å². The highest BCUT2D eigenvalue weighted by Crippen LogP contribution is 2.27. The van der Waals surface area contributed by atoms with E-state index < -0.39 is 41.9 Å². The summed E-state index contributed by atoms with van der Waals surface area (Å²) in [6, 6.07) is 15.0. The Morgan fingerprint density at radius 1 is 1.00 bits per heavy atom. The molecule has 1 aromatic heterocycles. The largest absolute Gasteiger partial charge is 0.481 e. The summed E-state index contributed by atoms with van der Waals surface area (Å²) in [5, 5.41) is 21.9. The van der Waals surface area contributed by atoms with Crippen LogP contribution >= 0.6 is 0 Å². The smallest absolute Gasteiger partial charge is 0.306 e. The van der Waals surface area contributed by atoms with Gasteiger partial charge in [0.2, 0.25) is 6.41 Å². The normalized spacial score (nSPS) is 12.9. The molecule has 4 rings (SSSR count). The number of H-pyrrole nitrogens is 1. The van der Waals surface area contributed by atoms with Gasteiger partial charge in [-0.3, -0.25) is 24.0 Å². The Morgan fingerprint density at radius 3 is 2.09 bits per heavy atom. The molecule has 12 nitrogen and oxygen atoms in total. The standard InChI is InChI=1S/C22H26N4O8.C7H8.2C2H2/c1-22(2,33)34-16(10-17(28)29)20(31)24-15-5-3-4-13-14(11-23-18(13)15)19(30)21(32)26-8-6-25(12-27)7-9-26;1-7-5-3-2-4-6-7;2*1-2/h3-5,11-12,16,23,33H,6-10H2,1-2H3,(H,24,31)(H,28,29);2-6H,1H3;2*1-2H/t16-;;;/m1.../s1. The number of carbonyl (C=O) groups is 5. The van der Waals surface area contributed by atoms with Crippen molar-refractivity contribution in [3.63, 3.8) is 0 Å². The summed E-state index contributed by atoms with van der Waals surface area (Å²) >= 11 is 0. The number of benzene rings is 2. The molecule has 0 unspecified atom stereocenters. The van der Waals surface area contributed by atoms with E-state index >= 15 is 0 Å². The van der Waals surface area contributed by atoms with Gasteiger partial charge in [0.1, 0.15) is 6.10 Å². The molecule has 4 N–H and O–H groups in total. The number of nitrogens with one attached hydrogen (secondary N) is 2. The molecule has 1 saturated heterocycles. The molecule has 1 aliphatic rings. The number of carboxylic acids is 1. The number of nitrogens with zero attached hydrogens (tertiary/aromatic N) is 2. The first-order chi connectivity index (χ1) is 21.4. The summed E-state index contributed by atoms with van der Waals surface area (Å²) < 4.78 is 5.18. The maximum atomic E-state index is 12.9. The van der Waals surface area contributed by atoms with Crippen molar-refractivity contribution in [3.05, 3.63) is 65.9 Å². The number of aromatic nitrogens is 1. The number of fused-ring (bicyclic) bond motifs is 1. The average molecular weight is 619 g/mol. The Labute approximate surface area is 262 Å². The number of aromatic amines is 1. The summed E-state index contributed by atoms with van der Waals surface area (Å²) in [5.74, 6) is -5.26. The van der Waals surface area contributed by atoms with Crippen molar-refractivity contribution in [1.29, 1.82) is 0 Å². The minimum Gasteiger partial charge on any atom is -0.481 e. The van der Waals surface area contributed by atoms with Gasteiger partial charge in [0.25, 0.3) is 17.6 Å². The molecule has 2 heterocycles. The Kier molecular flexibility index (Phi) is 15.3. The highest BCUT2D eigenvalue weighted by molar-refractivity contribution is 6.45. The van der Waals surface area contributed by atoms with Crippen molar-refractivity contribution in [2.75, 3.05) is 31.5 Å². The number of terminal acetylenes is 2. The Hall–Kier alpha value is -5.43. The number of ether oxygens (including phenoxy) is 1. The predicted molar refractivity (Wildman–Crippen MR) is 170 cm³/mol. The molecular weight excluding hydrogens is 580 g/mol. The molecular formula is C33H38N4O8. The maximum Gasteiger partial charge on any atom is 0.306 e. The minimum absolute atomic E-state index is 0.115.